The molecule has 1 saturated heterocycles. The Labute approximate surface area is 195 Å². The molecular formula is C25H30N4O3S. The summed E-state index contributed by atoms with van der Waals surface area (Å²) in [7, 11) is -3.59. The van der Waals surface area contributed by atoms with Crippen LogP contribution < -0.4 is 5.32 Å². The van der Waals surface area contributed by atoms with E-state index in [1.54, 1.807) is 10.9 Å². The van der Waals surface area contributed by atoms with Crippen molar-refractivity contribution in [2.24, 2.45) is 5.92 Å². The number of hydrogen-bond acceptors (Lipinski definition) is 4. The van der Waals surface area contributed by atoms with Crippen LogP contribution in [-0.4, -0.2) is 41.5 Å². The molecule has 1 aliphatic heterocycles. The van der Waals surface area contributed by atoms with Crippen molar-refractivity contribution < 1.29 is 13.2 Å². The average molecular weight is 467 g/mol. The lowest BCUT2D eigenvalue weighted by molar-refractivity contribution is -0.120. The van der Waals surface area contributed by atoms with Gasteiger partial charge in [-0.05, 0) is 50.3 Å². The summed E-state index contributed by atoms with van der Waals surface area (Å²) in [6, 6.07) is 13.8. The van der Waals surface area contributed by atoms with Crippen LogP contribution in [0.25, 0.3) is 0 Å². The first-order valence-electron chi connectivity index (χ1n) is 11.2. The minimum atomic E-state index is -3.59. The van der Waals surface area contributed by atoms with Gasteiger partial charge in [0, 0.05) is 25.2 Å². The number of rotatable bonds is 6. The van der Waals surface area contributed by atoms with Gasteiger partial charge in [0.2, 0.25) is 15.9 Å². The summed E-state index contributed by atoms with van der Waals surface area (Å²) in [5.41, 5.74) is 4.36. The molecular weight excluding hydrogens is 436 g/mol. The molecule has 0 bridgehead atoms. The van der Waals surface area contributed by atoms with Gasteiger partial charge in [-0.25, -0.2) is 8.42 Å². The van der Waals surface area contributed by atoms with Crippen molar-refractivity contribution in [1.82, 2.24) is 14.1 Å². The molecule has 1 aliphatic rings. The molecule has 0 unspecified atom stereocenters. The van der Waals surface area contributed by atoms with Crippen LogP contribution in [0, 0.1) is 26.7 Å². The SMILES string of the molecule is Cc1cc(C)c(S(=O)(=O)N2CCC(C(=O)Nc3cnn(Cc4ccccc4)c3)CC2)c(C)c1. The molecule has 7 nitrogen and oxygen atoms in total. The Balaban J connectivity index is 1.36. The summed E-state index contributed by atoms with van der Waals surface area (Å²) in [6.45, 7) is 6.94. The summed E-state index contributed by atoms with van der Waals surface area (Å²) >= 11 is 0. The van der Waals surface area contributed by atoms with E-state index in [2.05, 4.69) is 10.4 Å². The van der Waals surface area contributed by atoms with E-state index in [1.165, 1.54) is 4.31 Å². The second-order valence-electron chi connectivity index (χ2n) is 8.81. The predicted molar refractivity (Wildman–Crippen MR) is 129 cm³/mol. The monoisotopic (exact) mass is 466 g/mol. The Kier molecular flexibility index (Phi) is 6.67. The normalized spacial score (nSPS) is 15.5. The first-order valence-corrected chi connectivity index (χ1v) is 12.6. The first kappa shape index (κ1) is 23.2. The Bertz CT molecular complexity index is 1220. The molecule has 1 amide bonds. The van der Waals surface area contributed by atoms with Gasteiger partial charge in [0.05, 0.1) is 23.3 Å². The van der Waals surface area contributed by atoms with Gasteiger partial charge in [0.25, 0.3) is 0 Å². The van der Waals surface area contributed by atoms with E-state index < -0.39 is 10.0 Å². The van der Waals surface area contributed by atoms with Gasteiger partial charge in [-0.1, -0.05) is 48.0 Å². The molecule has 4 rings (SSSR count). The van der Waals surface area contributed by atoms with Crippen LogP contribution in [-0.2, 0) is 21.4 Å². The van der Waals surface area contributed by atoms with Crippen molar-refractivity contribution >= 4 is 21.6 Å². The Morgan fingerprint density at radius 1 is 1.06 bits per heavy atom. The molecule has 3 aromatic rings. The lowest BCUT2D eigenvalue weighted by Gasteiger charge is -2.31. The number of anilines is 1. The zero-order valence-corrected chi connectivity index (χ0v) is 20.1. The van der Waals surface area contributed by atoms with E-state index in [4.69, 9.17) is 0 Å². The third kappa shape index (κ3) is 5.17. The summed E-state index contributed by atoms with van der Waals surface area (Å²) in [4.78, 5) is 13.2. The highest BCUT2D eigenvalue weighted by molar-refractivity contribution is 7.89. The molecule has 1 N–H and O–H groups in total. The van der Waals surface area contributed by atoms with E-state index in [9.17, 15) is 13.2 Å². The number of amides is 1. The van der Waals surface area contributed by atoms with Crippen molar-refractivity contribution in [1.29, 1.82) is 0 Å². The molecule has 0 radical (unpaired) electrons. The third-order valence-electron chi connectivity index (χ3n) is 6.12. The van der Waals surface area contributed by atoms with Gasteiger partial charge >= 0.3 is 0 Å². The Morgan fingerprint density at radius 2 is 1.70 bits per heavy atom. The number of carbonyl (C=O) groups is 1. The van der Waals surface area contributed by atoms with E-state index in [1.807, 2.05) is 69.4 Å². The first-order chi connectivity index (χ1) is 15.7. The smallest absolute Gasteiger partial charge is 0.243 e. The third-order valence-corrected chi connectivity index (χ3v) is 8.32. The molecule has 0 saturated carbocycles. The molecule has 8 heteroatoms. The molecule has 0 atom stereocenters. The molecule has 33 heavy (non-hydrogen) atoms. The maximum Gasteiger partial charge on any atom is 0.243 e. The molecule has 1 aromatic heterocycles. The molecule has 1 fully saturated rings. The number of aryl methyl sites for hydroxylation is 3. The fourth-order valence-corrected chi connectivity index (χ4v) is 6.47. The van der Waals surface area contributed by atoms with Crippen molar-refractivity contribution in [2.75, 3.05) is 18.4 Å². The lowest BCUT2D eigenvalue weighted by Crippen LogP contribution is -2.41. The molecule has 0 aliphatic carbocycles. The second-order valence-corrected chi connectivity index (χ2v) is 10.7. The van der Waals surface area contributed by atoms with Gasteiger partial charge in [-0.15, -0.1) is 0 Å². The highest BCUT2D eigenvalue weighted by Crippen LogP contribution is 2.29. The fraction of sp³-hybridized carbons (Fsp3) is 0.360. The minimum Gasteiger partial charge on any atom is -0.323 e. The number of benzene rings is 2. The van der Waals surface area contributed by atoms with Gasteiger partial charge in [-0.3, -0.25) is 9.48 Å². The van der Waals surface area contributed by atoms with Crippen LogP contribution in [0.4, 0.5) is 5.69 Å². The number of aromatic nitrogens is 2. The lowest BCUT2D eigenvalue weighted by atomic mass is 9.97. The Morgan fingerprint density at radius 3 is 2.33 bits per heavy atom. The van der Waals surface area contributed by atoms with E-state index in [0.717, 1.165) is 22.3 Å². The van der Waals surface area contributed by atoms with E-state index >= 15 is 0 Å². The van der Waals surface area contributed by atoms with Crippen LogP contribution in [0.1, 0.15) is 35.1 Å². The molecule has 0 spiro atoms. The van der Waals surface area contributed by atoms with Crippen LogP contribution >= 0.6 is 0 Å². The number of nitrogens with one attached hydrogen (secondary N) is 1. The standard InChI is InChI=1S/C25H30N4O3S/c1-18-13-19(2)24(20(3)14-18)33(31,32)29-11-9-22(10-12-29)25(30)27-23-15-26-28(17-23)16-21-7-5-4-6-8-21/h4-8,13-15,17,22H,9-12,16H2,1-3H3,(H,27,30). The van der Waals surface area contributed by atoms with Crippen molar-refractivity contribution in [3.05, 3.63) is 77.1 Å². The van der Waals surface area contributed by atoms with Gasteiger partial charge in [0.15, 0.2) is 0 Å². The maximum atomic E-state index is 13.3. The van der Waals surface area contributed by atoms with Crippen molar-refractivity contribution in [3.8, 4) is 0 Å². The average Bonchev–Trinajstić information content (AvgIpc) is 3.20. The number of carbonyl (C=O) groups excluding carboxylic acids is 1. The van der Waals surface area contributed by atoms with Gasteiger partial charge < -0.3 is 5.32 Å². The zero-order chi connectivity index (χ0) is 23.6. The molecule has 174 valence electrons. The van der Waals surface area contributed by atoms with E-state index in [0.29, 0.717) is 43.1 Å². The highest BCUT2D eigenvalue weighted by atomic mass is 32.2. The minimum absolute atomic E-state index is 0.0889. The number of piperidine rings is 1. The van der Waals surface area contributed by atoms with Crippen LogP contribution in [0.5, 0.6) is 0 Å². The van der Waals surface area contributed by atoms with Gasteiger partial charge in [-0.2, -0.15) is 9.40 Å². The number of sulfonamides is 1. The number of nitrogens with zero attached hydrogens (tertiary/aromatic N) is 3. The molecule has 2 heterocycles. The van der Waals surface area contributed by atoms with Crippen LogP contribution in [0.2, 0.25) is 0 Å². The highest BCUT2D eigenvalue weighted by Gasteiger charge is 2.33. The largest absolute Gasteiger partial charge is 0.323 e. The summed E-state index contributed by atoms with van der Waals surface area (Å²) in [5, 5.41) is 7.26. The second kappa shape index (κ2) is 9.49. The fourth-order valence-electron chi connectivity index (χ4n) is 4.59. The summed E-state index contributed by atoms with van der Waals surface area (Å²) in [5.74, 6) is -0.317. The quantitative estimate of drug-likeness (QED) is 0.597. The predicted octanol–water partition coefficient (Wildman–Crippen LogP) is 3.90. The van der Waals surface area contributed by atoms with Crippen molar-refractivity contribution in [2.45, 2.75) is 45.1 Å². The summed E-state index contributed by atoms with van der Waals surface area (Å²) in [6.07, 6.45) is 4.44. The van der Waals surface area contributed by atoms with Crippen LogP contribution in [0.3, 0.4) is 0 Å². The maximum absolute atomic E-state index is 13.3. The summed E-state index contributed by atoms with van der Waals surface area (Å²) < 4.78 is 29.8. The zero-order valence-electron chi connectivity index (χ0n) is 19.3. The van der Waals surface area contributed by atoms with Gasteiger partial charge in [0.1, 0.15) is 0 Å². The van der Waals surface area contributed by atoms with Crippen LogP contribution in [0.15, 0.2) is 59.8 Å². The molecule has 2 aromatic carbocycles. The van der Waals surface area contributed by atoms with E-state index in [-0.39, 0.29) is 11.8 Å². The Hall–Kier alpha value is -2.97. The topological polar surface area (TPSA) is 84.3 Å². The number of hydrogen-bond donors (Lipinski definition) is 1. The van der Waals surface area contributed by atoms with Crippen molar-refractivity contribution in [3.63, 3.8) is 0 Å².